The summed E-state index contributed by atoms with van der Waals surface area (Å²) in [7, 11) is -20.3. The van der Waals surface area contributed by atoms with Crippen LogP contribution in [0.5, 0.6) is 0 Å². The lowest BCUT2D eigenvalue weighted by atomic mass is 9.84. The van der Waals surface area contributed by atoms with Crippen molar-refractivity contribution in [2.45, 2.75) is 36.1 Å². The maximum absolute atomic E-state index is 13.1. The molecule has 0 atom stereocenters. The number of nitrogens with zero attached hydrogens (tertiary/aromatic N) is 1. The minimum Gasteiger partial charge on any atom is -0.289 e. The van der Waals surface area contributed by atoms with Gasteiger partial charge in [0.25, 0.3) is 20.0 Å². The van der Waals surface area contributed by atoms with Gasteiger partial charge < -0.3 is 0 Å². The van der Waals surface area contributed by atoms with E-state index in [0.29, 0.717) is 6.07 Å². The Balaban J connectivity index is 2.16. The first-order valence-electron chi connectivity index (χ1n) is 9.49. The van der Waals surface area contributed by atoms with E-state index in [-0.39, 0.29) is 14.8 Å². The molecule has 0 radical (unpaired) electrons. The molecule has 2 aromatic rings. The molecule has 18 heteroatoms. The molecule has 1 aliphatic carbocycles. The molecule has 14 nitrogen and oxygen atoms in total. The van der Waals surface area contributed by atoms with Crippen molar-refractivity contribution in [1.82, 2.24) is 7.84 Å². The van der Waals surface area contributed by atoms with E-state index >= 15 is 0 Å². The molecule has 196 valence electrons. The van der Waals surface area contributed by atoms with Crippen molar-refractivity contribution >= 4 is 52.2 Å². The maximum atomic E-state index is 13.1. The first-order chi connectivity index (χ1) is 16.1. The SMILES string of the molecule is CC(C)(C)N(S(=O)(=O)O)S(=O)(=O)c1ccc2c(c1)C(=O)c1ccc(S(=O)(=O)NS(=O)(=O)O)cc1C2=O. The van der Waals surface area contributed by atoms with E-state index in [1.165, 1.54) is 20.8 Å². The molecular weight excluding hydrogens is 564 g/mol. The van der Waals surface area contributed by atoms with Crippen LogP contribution in [0.2, 0.25) is 0 Å². The second-order valence-corrected chi connectivity index (χ2v) is 14.9. The van der Waals surface area contributed by atoms with E-state index in [9.17, 15) is 47.8 Å². The number of fused-ring (bicyclic) bond motifs is 2. The number of hydrogen-bond donors (Lipinski definition) is 3. The zero-order valence-electron chi connectivity index (χ0n) is 18.5. The third-order valence-corrected chi connectivity index (χ3v) is 11.3. The zero-order valence-corrected chi connectivity index (χ0v) is 21.8. The third-order valence-electron chi connectivity index (χ3n) is 4.76. The highest BCUT2D eigenvalue weighted by Crippen LogP contribution is 2.33. The van der Waals surface area contributed by atoms with Crippen LogP contribution in [-0.2, 0) is 40.7 Å². The number of nitrogens with one attached hydrogen (secondary N) is 1. The van der Waals surface area contributed by atoms with Crippen molar-refractivity contribution in [1.29, 1.82) is 0 Å². The number of carbonyl (C=O) groups is 2. The van der Waals surface area contributed by atoms with Crippen LogP contribution in [0.3, 0.4) is 0 Å². The van der Waals surface area contributed by atoms with Crippen LogP contribution in [0.1, 0.15) is 52.6 Å². The monoisotopic (exact) mass is 582 g/mol. The topological polar surface area (TPSA) is 226 Å². The molecule has 0 bridgehead atoms. The zero-order chi connectivity index (χ0) is 27.6. The number of rotatable bonds is 6. The number of sulfonamides is 2. The standard InChI is InChI=1S/C18H18N2O12S4/c1-18(2,3)20(36(30,31)32)34(25,26)11-5-7-13-15(9-11)17(22)12-6-4-10(8-14(12)16(13)21)33(23,24)19-35(27,28)29/h4-9,19H,1-3H3,(H,27,28,29)(H,30,31,32). The summed E-state index contributed by atoms with van der Waals surface area (Å²) >= 11 is 0. The second-order valence-electron chi connectivity index (χ2n) is 8.49. The molecule has 0 saturated carbocycles. The van der Waals surface area contributed by atoms with Gasteiger partial charge in [0.05, 0.1) is 9.79 Å². The maximum Gasteiger partial charge on any atom is 0.349 e. The van der Waals surface area contributed by atoms with Gasteiger partial charge in [0.2, 0.25) is 0 Å². The van der Waals surface area contributed by atoms with Crippen LogP contribution in [-0.4, -0.2) is 63.6 Å². The molecule has 0 fully saturated rings. The first-order valence-corrected chi connectivity index (χ1v) is 15.2. The lowest BCUT2D eigenvalue weighted by Crippen LogP contribution is -2.48. The summed E-state index contributed by atoms with van der Waals surface area (Å²) in [5.74, 6) is -1.84. The minimum absolute atomic E-state index is 0.156. The number of carbonyl (C=O) groups excluding carboxylic acids is 2. The molecule has 0 spiro atoms. The van der Waals surface area contributed by atoms with Gasteiger partial charge in [-0.15, -0.1) is 0 Å². The van der Waals surface area contributed by atoms with Gasteiger partial charge in [-0.2, -0.15) is 16.8 Å². The van der Waals surface area contributed by atoms with E-state index in [1.807, 2.05) is 0 Å². The number of ketones is 2. The van der Waals surface area contributed by atoms with Gasteiger partial charge in [0, 0.05) is 27.8 Å². The van der Waals surface area contributed by atoms with Crippen molar-refractivity contribution in [3.63, 3.8) is 0 Å². The van der Waals surface area contributed by atoms with Crippen LogP contribution in [0.15, 0.2) is 46.2 Å². The van der Waals surface area contributed by atoms with Gasteiger partial charge in [0.15, 0.2) is 11.6 Å². The number of hydrogen-bond acceptors (Lipinski definition) is 10. The highest BCUT2D eigenvalue weighted by Gasteiger charge is 2.44. The van der Waals surface area contributed by atoms with E-state index < -0.39 is 78.7 Å². The fourth-order valence-corrected chi connectivity index (χ4v) is 8.93. The van der Waals surface area contributed by atoms with Crippen LogP contribution in [0, 0.1) is 0 Å². The van der Waals surface area contributed by atoms with Crippen molar-refractivity contribution in [3.05, 3.63) is 58.7 Å². The minimum atomic E-state index is -5.28. The Hall–Kier alpha value is -2.58. The normalized spacial score (nSPS) is 15.1. The summed E-state index contributed by atoms with van der Waals surface area (Å²) in [5.41, 5.74) is -3.24. The molecule has 36 heavy (non-hydrogen) atoms. The predicted molar refractivity (Wildman–Crippen MR) is 122 cm³/mol. The van der Waals surface area contributed by atoms with Gasteiger partial charge in [-0.05, 0) is 57.2 Å². The summed E-state index contributed by atoms with van der Waals surface area (Å²) in [6.07, 6.45) is 0. The van der Waals surface area contributed by atoms with Crippen LogP contribution in [0.4, 0.5) is 0 Å². The van der Waals surface area contributed by atoms with Crippen LogP contribution >= 0.6 is 0 Å². The van der Waals surface area contributed by atoms with Crippen molar-refractivity contribution in [2.75, 3.05) is 0 Å². The largest absolute Gasteiger partial charge is 0.349 e. The molecule has 0 aliphatic heterocycles. The first kappa shape index (κ1) is 28.0. The summed E-state index contributed by atoms with van der Waals surface area (Å²) in [5, 5.41) is 0. The Kier molecular flexibility index (Phi) is 6.60. The molecule has 3 rings (SSSR count). The lowest BCUT2D eigenvalue weighted by molar-refractivity contribution is 0.0978. The van der Waals surface area contributed by atoms with E-state index in [4.69, 9.17) is 4.55 Å². The predicted octanol–water partition coefficient (Wildman–Crippen LogP) is 0.135. The van der Waals surface area contributed by atoms with Crippen molar-refractivity contribution in [3.8, 4) is 0 Å². The van der Waals surface area contributed by atoms with Gasteiger partial charge in [0.1, 0.15) is 0 Å². The van der Waals surface area contributed by atoms with E-state index in [2.05, 4.69) is 0 Å². The second kappa shape index (κ2) is 8.48. The average molecular weight is 583 g/mol. The summed E-state index contributed by atoms with van der Waals surface area (Å²) in [6, 6.07) is 4.86. The molecule has 0 unspecified atom stereocenters. The van der Waals surface area contributed by atoms with Crippen LogP contribution in [0.25, 0.3) is 0 Å². The van der Waals surface area contributed by atoms with Gasteiger partial charge >= 0.3 is 20.6 Å². The van der Waals surface area contributed by atoms with Gasteiger partial charge in [-0.25, -0.2) is 16.8 Å². The molecule has 0 heterocycles. The molecular formula is C18H18N2O12S4. The quantitative estimate of drug-likeness (QED) is 0.330. The van der Waals surface area contributed by atoms with Crippen LogP contribution < -0.4 is 4.13 Å². The fraction of sp³-hybridized carbons (Fsp3) is 0.222. The average Bonchev–Trinajstić information content (AvgIpc) is 2.66. The Bertz CT molecular complexity index is 1750. The van der Waals surface area contributed by atoms with Crippen molar-refractivity contribution < 1.29 is 52.4 Å². The fourth-order valence-electron chi connectivity index (χ4n) is 3.55. The van der Waals surface area contributed by atoms with Gasteiger partial charge in [-0.3, -0.25) is 18.7 Å². The summed E-state index contributed by atoms with van der Waals surface area (Å²) in [6.45, 7) is 3.60. The smallest absolute Gasteiger partial charge is 0.289 e. The molecule has 2 aromatic carbocycles. The molecule has 0 aromatic heterocycles. The summed E-state index contributed by atoms with van der Waals surface area (Å²) < 4.78 is 115. The molecule has 1 aliphatic rings. The Morgan fingerprint density at radius 1 is 0.694 bits per heavy atom. The summed E-state index contributed by atoms with van der Waals surface area (Å²) in [4.78, 5) is 24.6. The van der Waals surface area contributed by atoms with E-state index in [1.54, 1.807) is 0 Å². The highest BCUT2D eigenvalue weighted by atomic mass is 32.3. The number of benzene rings is 2. The Morgan fingerprint density at radius 2 is 1.11 bits per heavy atom. The third kappa shape index (κ3) is 5.11. The van der Waals surface area contributed by atoms with E-state index in [0.717, 1.165) is 34.5 Å². The highest BCUT2D eigenvalue weighted by molar-refractivity contribution is 8.02. The lowest BCUT2D eigenvalue weighted by Gasteiger charge is -2.31. The Labute approximate surface area is 206 Å². The molecule has 0 amide bonds. The Morgan fingerprint density at radius 3 is 1.50 bits per heavy atom. The van der Waals surface area contributed by atoms with Gasteiger partial charge in [-0.1, -0.05) is 7.84 Å². The van der Waals surface area contributed by atoms with Crippen molar-refractivity contribution in [2.24, 2.45) is 0 Å². The molecule has 3 N–H and O–H groups in total. The molecule has 0 saturated heterocycles.